The number of halogens is 1. The number of benzene rings is 2. The molecule has 110 valence electrons. The van der Waals surface area contributed by atoms with Gasteiger partial charge in [-0.2, -0.15) is 0 Å². The lowest BCUT2D eigenvalue weighted by atomic mass is 10.2. The Bertz CT molecular complexity index is 615. The van der Waals surface area contributed by atoms with Gasteiger partial charge in [-0.3, -0.25) is 0 Å². The van der Waals surface area contributed by atoms with Gasteiger partial charge in [0.25, 0.3) is 0 Å². The van der Waals surface area contributed by atoms with E-state index in [-0.39, 0.29) is 0 Å². The van der Waals surface area contributed by atoms with Crippen molar-refractivity contribution in [2.45, 2.75) is 19.5 Å². The fourth-order valence-electron chi connectivity index (χ4n) is 2.30. The Kier molecular flexibility index (Phi) is 4.63. The first-order valence-electron chi connectivity index (χ1n) is 7.15. The molecule has 0 unspecified atom stereocenters. The van der Waals surface area contributed by atoms with Gasteiger partial charge in [-0.05, 0) is 29.3 Å². The average Bonchev–Trinajstić information content (AvgIpc) is 2.74. The molecule has 21 heavy (non-hydrogen) atoms. The van der Waals surface area contributed by atoms with Gasteiger partial charge in [-0.15, -0.1) is 0 Å². The third-order valence-corrected chi connectivity index (χ3v) is 3.78. The summed E-state index contributed by atoms with van der Waals surface area (Å²) in [6.45, 7) is 2.94. The van der Waals surface area contributed by atoms with E-state index in [1.54, 1.807) is 0 Å². The van der Waals surface area contributed by atoms with Crippen molar-refractivity contribution in [3.05, 3.63) is 58.6 Å². The molecule has 3 rings (SSSR count). The average molecular weight is 304 g/mol. The van der Waals surface area contributed by atoms with Crippen LogP contribution in [-0.4, -0.2) is 13.2 Å². The number of nitrogens with one attached hydrogen (secondary N) is 1. The van der Waals surface area contributed by atoms with Crippen molar-refractivity contribution in [3.63, 3.8) is 0 Å². The largest absolute Gasteiger partial charge is 0.490 e. The highest BCUT2D eigenvalue weighted by atomic mass is 35.5. The zero-order chi connectivity index (χ0) is 14.5. The van der Waals surface area contributed by atoms with Crippen LogP contribution in [0.15, 0.2) is 42.5 Å². The van der Waals surface area contributed by atoms with E-state index in [0.29, 0.717) is 6.61 Å². The second kappa shape index (κ2) is 6.83. The van der Waals surface area contributed by atoms with E-state index in [2.05, 4.69) is 11.4 Å². The first-order valence-corrected chi connectivity index (χ1v) is 7.53. The zero-order valence-electron chi connectivity index (χ0n) is 11.8. The van der Waals surface area contributed by atoms with Crippen LogP contribution in [0.1, 0.15) is 17.5 Å². The van der Waals surface area contributed by atoms with Gasteiger partial charge in [0.15, 0.2) is 11.5 Å². The molecule has 0 saturated heterocycles. The van der Waals surface area contributed by atoms with Gasteiger partial charge < -0.3 is 14.8 Å². The molecule has 0 fully saturated rings. The van der Waals surface area contributed by atoms with Crippen molar-refractivity contribution >= 4 is 11.6 Å². The number of ether oxygens (including phenoxy) is 2. The predicted octanol–water partition coefficient (Wildman–Crippen LogP) is 3.79. The molecule has 0 aromatic heterocycles. The fraction of sp³-hybridized carbons (Fsp3) is 0.294. The maximum Gasteiger partial charge on any atom is 0.161 e. The predicted molar refractivity (Wildman–Crippen MR) is 84.0 cm³/mol. The Hall–Kier alpha value is -1.71. The molecule has 0 spiro atoms. The molecular formula is C17H18ClNO2. The molecule has 0 radical (unpaired) electrons. The molecule has 2 aromatic rings. The van der Waals surface area contributed by atoms with Crippen LogP contribution >= 0.6 is 11.6 Å². The molecule has 1 N–H and O–H groups in total. The maximum absolute atomic E-state index is 6.14. The van der Waals surface area contributed by atoms with Crippen LogP contribution in [0.25, 0.3) is 0 Å². The summed E-state index contributed by atoms with van der Waals surface area (Å²) in [6, 6.07) is 14.0. The highest BCUT2D eigenvalue weighted by Gasteiger charge is 2.10. The monoisotopic (exact) mass is 303 g/mol. The highest BCUT2D eigenvalue weighted by Crippen LogP contribution is 2.30. The van der Waals surface area contributed by atoms with E-state index in [1.807, 2.05) is 36.4 Å². The molecule has 0 bridgehead atoms. The lowest BCUT2D eigenvalue weighted by molar-refractivity contribution is 0.297. The molecule has 0 saturated carbocycles. The van der Waals surface area contributed by atoms with E-state index in [9.17, 15) is 0 Å². The summed E-state index contributed by atoms with van der Waals surface area (Å²) in [6.07, 6.45) is 0.925. The Morgan fingerprint density at radius 3 is 2.62 bits per heavy atom. The van der Waals surface area contributed by atoms with E-state index < -0.39 is 0 Å². The van der Waals surface area contributed by atoms with Crippen LogP contribution in [0.2, 0.25) is 5.02 Å². The molecular weight excluding hydrogens is 286 g/mol. The van der Waals surface area contributed by atoms with Crippen molar-refractivity contribution in [1.29, 1.82) is 0 Å². The first-order chi connectivity index (χ1) is 10.3. The minimum atomic E-state index is 0.712. The van der Waals surface area contributed by atoms with E-state index in [1.165, 1.54) is 5.56 Å². The third-order valence-electron chi connectivity index (χ3n) is 3.41. The Morgan fingerprint density at radius 2 is 1.76 bits per heavy atom. The second-order valence-corrected chi connectivity index (χ2v) is 5.43. The van der Waals surface area contributed by atoms with Crippen molar-refractivity contribution < 1.29 is 9.47 Å². The lowest BCUT2D eigenvalue weighted by Gasteiger charge is -2.10. The molecule has 4 heteroatoms. The standard InChI is InChI=1S/C17H18ClNO2/c18-15-5-2-1-4-14(15)12-19-11-13-6-7-16-17(10-13)21-9-3-8-20-16/h1-2,4-7,10,19H,3,8-9,11-12H2. The van der Waals surface area contributed by atoms with E-state index in [4.69, 9.17) is 21.1 Å². The van der Waals surface area contributed by atoms with Crippen LogP contribution in [0.5, 0.6) is 11.5 Å². The van der Waals surface area contributed by atoms with Crippen LogP contribution < -0.4 is 14.8 Å². The number of rotatable bonds is 4. The second-order valence-electron chi connectivity index (χ2n) is 5.03. The van der Waals surface area contributed by atoms with Crippen molar-refractivity contribution in [1.82, 2.24) is 5.32 Å². The SMILES string of the molecule is Clc1ccccc1CNCc1ccc2c(c1)OCCCO2. The van der Waals surface area contributed by atoms with Crippen LogP contribution in [-0.2, 0) is 13.1 Å². The van der Waals surface area contributed by atoms with Gasteiger partial charge in [0.2, 0.25) is 0 Å². The van der Waals surface area contributed by atoms with Crippen molar-refractivity contribution in [2.75, 3.05) is 13.2 Å². The molecule has 2 aromatic carbocycles. The number of fused-ring (bicyclic) bond motifs is 1. The van der Waals surface area contributed by atoms with E-state index in [0.717, 1.165) is 48.2 Å². The normalized spacial score (nSPS) is 13.8. The van der Waals surface area contributed by atoms with Gasteiger partial charge in [-0.1, -0.05) is 35.9 Å². The zero-order valence-corrected chi connectivity index (χ0v) is 12.5. The van der Waals surface area contributed by atoms with Gasteiger partial charge in [0.05, 0.1) is 13.2 Å². The minimum absolute atomic E-state index is 0.712. The van der Waals surface area contributed by atoms with E-state index >= 15 is 0 Å². The first kappa shape index (κ1) is 14.2. The summed E-state index contributed by atoms with van der Waals surface area (Å²) in [5.41, 5.74) is 2.28. The lowest BCUT2D eigenvalue weighted by Crippen LogP contribution is -2.13. The number of hydrogen-bond donors (Lipinski definition) is 1. The minimum Gasteiger partial charge on any atom is -0.490 e. The fourth-order valence-corrected chi connectivity index (χ4v) is 2.50. The van der Waals surface area contributed by atoms with Gasteiger partial charge in [-0.25, -0.2) is 0 Å². The summed E-state index contributed by atoms with van der Waals surface area (Å²) in [5.74, 6) is 1.67. The molecule has 0 aliphatic carbocycles. The van der Waals surface area contributed by atoms with Crippen molar-refractivity contribution in [2.24, 2.45) is 0 Å². The molecule has 1 aliphatic rings. The molecule has 0 amide bonds. The summed E-state index contributed by atoms with van der Waals surface area (Å²) < 4.78 is 11.3. The third kappa shape index (κ3) is 3.69. The smallest absolute Gasteiger partial charge is 0.161 e. The van der Waals surface area contributed by atoms with Gasteiger partial charge in [0, 0.05) is 24.5 Å². The number of hydrogen-bond acceptors (Lipinski definition) is 3. The molecule has 1 heterocycles. The maximum atomic E-state index is 6.14. The van der Waals surface area contributed by atoms with Crippen LogP contribution in [0.4, 0.5) is 0 Å². The Labute approximate surface area is 129 Å². The molecule has 1 aliphatic heterocycles. The topological polar surface area (TPSA) is 30.5 Å². The molecule has 3 nitrogen and oxygen atoms in total. The summed E-state index contributed by atoms with van der Waals surface area (Å²) in [4.78, 5) is 0. The van der Waals surface area contributed by atoms with Gasteiger partial charge >= 0.3 is 0 Å². The van der Waals surface area contributed by atoms with Crippen LogP contribution in [0.3, 0.4) is 0 Å². The van der Waals surface area contributed by atoms with Crippen molar-refractivity contribution in [3.8, 4) is 11.5 Å². The Morgan fingerprint density at radius 1 is 0.952 bits per heavy atom. The summed E-state index contributed by atoms with van der Waals surface area (Å²) in [7, 11) is 0. The summed E-state index contributed by atoms with van der Waals surface area (Å²) >= 11 is 6.14. The highest BCUT2D eigenvalue weighted by molar-refractivity contribution is 6.31. The molecule has 0 atom stereocenters. The van der Waals surface area contributed by atoms with Gasteiger partial charge in [0.1, 0.15) is 0 Å². The quantitative estimate of drug-likeness (QED) is 0.932. The Balaban J connectivity index is 1.61. The van der Waals surface area contributed by atoms with Crippen LogP contribution in [0, 0.1) is 0 Å². The summed E-state index contributed by atoms with van der Waals surface area (Å²) in [5, 5.41) is 4.20.